The van der Waals surface area contributed by atoms with Gasteiger partial charge in [0.25, 0.3) is 0 Å². The van der Waals surface area contributed by atoms with Crippen molar-refractivity contribution in [1.29, 1.82) is 0 Å². The Morgan fingerprint density at radius 3 is 2.86 bits per heavy atom. The van der Waals surface area contributed by atoms with Crippen LogP contribution >= 0.6 is 11.3 Å². The van der Waals surface area contributed by atoms with Crippen LogP contribution in [0.25, 0.3) is 10.9 Å². The first kappa shape index (κ1) is 17.3. The number of aryl methyl sites for hydroxylation is 2. The molecule has 0 radical (unpaired) electrons. The third-order valence-electron chi connectivity index (χ3n) is 5.73. The van der Waals surface area contributed by atoms with Gasteiger partial charge in [0.05, 0.1) is 32.5 Å². The highest BCUT2D eigenvalue weighted by molar-refractivity contribution is 7.13. The second-order valence-corrected chi connectivity index (χ2v) is 8.67. The van der Waals surface area contributed by atoms with Gasteiger partial charge >= 0.3 is 0 Å². The first-order valence-corrected chi connectivity index (χ1v) is 10.5. The van der Waals surface area contributed by atoms with Gasteiger partial charge in [-0.05, 0) is 25.8 Å². The lowest BCUT2D eigenvalue weighted by Gasteiger charge is -2.22. The molecule has 0 fully saturated rings. The quantitative estimate of drug-likeness (QED) is 0.478. The van der Waals surface area contributed by atoms with Gasteiger partial charge in [-0.2, -0.15) is 4.57 Å². The smallest absolute Gasteiger partial charge is 0.197 e. The van der Waals surface area contributed by atoms with Gasteiger partial charge in [-0.25, -0.2) is 4.98 Å². The summed E-state index contributed by atoms with van der Waals surface area (Å²) in [6.07, 6.45) is 8.04. The second-order valence-electron chi connectivity index (χ2n) is 7.47. The summed E-state index contributed by atoms with van der Waals surface area (Å²) in [7, 11) is 0. The molecule has 0 spiro atoms. The number of pyridine rings is 1. The van der Waals surface area contributed by atoms with Gasteiger partial charge in [0.2, 0.25) is 0 Å². The van der Waals surface area contributed by atoms with Crippen molar-refractivity contribution in [3.63, 3.8) is 0 Å². The maximum atomic E-state index is 13.1. The van der Waals surface area contributed by atoms with E-state index in [1.165, 1.54) is 16.9 Å². The predicted molar refractivity (Wildman–Crippen MR) is 111 cm³/mol. The standard InChI is InChI=1S/C23H22N3OS/c1-15(17-6-4-3-5-7-17)25-12-11-20-18(14-25)10-13-26(20)21-9-8-19-23(22(21)27)28-16(2)24-19/h3-7,10-15,21H,8-9H2,1-2H3/q+1. The number of nitrogens with zero attached hydrogens (tertiary/aromatic N) is 3. The predicted octanol–water partition coefficient (Wildman–Crippen LogP) is 4.67. The van der Waals surface area contributed by atoms with E-state index in [4.69, 9.17) is 0 Å². The van der Waals surface area contributed by atoms with Crippen molar-refractivity contribution in [2.24, 2.45) is 0 Å². The molecule has 0 saturated carbocycles. The minimum absolute atomic E-state index is 0.132. The van der Waals surface area contributed by atoms with Gasteiger partial charge in [-0.1, -0.05) is 30.3 Å². The average molecular weight is 389 g/mol. The van der Waals surface area contributed by atoms with Crippen LogP contribution in [0.4, 0.5) is 0 Å². The van der Waals surface area contributed by atoms with Crippen molar-refractivity contribution in [2.75, 3.05) is 0 Å². The number of thiazole rings is 1. The molecule has 1 aromatic carbocycles. The molecule has 4 aromatic rings. The molecule has 28 heavy (non-hydrogen) atoms. The summed E-state index contributed by atoms with van der Waals surface area (Å²) >= 11 is 1.53. The van der Waals surface area contributed by atoms with Gasteiger partial charge in [0.15, 0.2) is 24.2 Å². The van der Waals surface area contributed by atoms with Crippen LogP contribution in [0.5, 0.6) is 0 Å². The molecule has 3 aromatic heterocycles. The van der Waals surface area contributed by atoms with Crippen LogP contribution in [0.15, 0.2) is 61.1 Å². The van der Waals surface area contributed by atoms with Crippen LogP contribution in [-0.2, 0) is 6.42 Å². The molecule has 4 nitrogen and oxygen atoms in total. The number of carbonyl (C=O) groups excluding carboxylic acids is 1. The van der Waals surface area contributed by atoms with E-state index in [0.29, 0.717) is 0 Å². The number of benzene rings is 1. The number of fused-ring (bicyclic) bond motifs is 2. The van der Waals surface area contributed by atoms with E-state index in [1.807, 2.05) is 13.0 Å². The minimum Gasteiger partial charge on any atom is -0.336 e. The van der Waals surface area contributed by atoms with Gasteiger partial charge in [-0.3, -0.25) is 4.79 Å². The summed E-state index contributed by atoms with van der Waals surface area (Å²) in [5, 5.41) is 2.14. The third-order valence-corrected chi connectivity index (χ3v) is 6.76. The lowest BCUT2D eigenvalue weighted by Crippen LogP contribution is -2.37. The van der Waals surface area contributed by atoms with E-state index in [0.717, 1.165) is 39.3 Å². The Bertz CT molecular complexity index is 1180. The first-order valence-electron chi connectivity index (χ1n) is 9.68. The molecule has 0 N–H and O–H groups in total. The second kappa shape index (κ2) is 6.67. The molecule has 0 bridgehead atoms. The molecule has 0 amide bonds. The van der Waals surface area contributed by atoms with Gasteiger partial charge in [-0.15, -0.1) is 11.3 Å². The molecule has 0 aliphatic heterocycles. The van der Waals surface area contributed by atoms with Crippen LogP contribution in [0.3, 0.4) is 0 Å². The van der Waals surface area contributed by atoms with E-state index in [-0.39, 0.29) is 17.9 Å². The number of hydrogen-bond acceptors (Lipinski definition) is 3. The van der Waals surface area contributed by atoms with E-state index < -0.39 is 0 Å². The molecular weight excluding hydrogens is 366 g/mol. The number of Topliss-reactive ketones (excluding diaryl/α,β-unsaturated/α-hetero) is 1. The van der Waals surface area contributed by atoms with Crippen molar-refractivity contribution in [3.05, 3.63) is 82.2 Å². The summed E-state index contributed by atoms with van der Waals surface area (Å²) in [5.41, 5.74) is 3.37. The highest BCUT2D eigenvalue weighted by Gasteiger charge is 2.32. The third kappa shape index (κ3) is 2.78. The fraction of sp³-hybridized carbons (Fsp3) is 0.261. The van der Waals surface area contributed by atoms with E-state index >= 15 is 0 Å². The number of ketones is 1. The monoisotopic (exact) mass is 388 g/mol. The highest BCUT2D eigenvalue weighted by atomic mass is 32.1. The summed E-state index contributed by atoms with van der Waals surface area (Å²) in [5.74, 6) is 0.207. The maximum Gasteiger partial charge on any atom is 0.197 e. The summed E-state index contributed by atoms with van der Waals surface area (Å²) in [4.78, 5) is 18.4. The highest BCUT2D eigenvalue weighted by Crippen LogP contribution is 2.34. The van der Waals surface area contributed by atoms with Crippen LogP contribution in [0.2, 0.25) is 0 Å². The number of carbonyl (C=O) groups is 1. The van der Waals surface area contributed by atoms with E-state index in [1.54, 1.807) is 0 Å². The molecule has 140 valence electrons. The minimum atomic E-state index is -0.132. The van der Waals surface area contributed by atoms with Gasteiger partial charge in [0, 0.05) is 24.8 Å². The average Bonchev–Trinajstić information content (AvgIpc) is 3.31. The SMILES string of the molecule is Cc1nc2c(s1)C(=O)C(n1ccc3c[n+](C(C)c4ccccc4)ccc31)CC2. The Labute approximate surface area is 168 Å². The molecule has 2 unspecified atom stereocenters. The number of aromatic nitrogens is 3. The van der Waals surface area contributed by atoms with Crippen molar-refractivity contribution in [2.45, 2.75) is 38.8 Å². The summed E-state index contributed by atoms with van der Waals surface area (Å²) < 4.78 is 4.38. The number of rotatable bonds is 3. The Morgan fingerprint density at radius 1 is 1.21 bits per heavy atom. The lowest BCUT2D eigenvalue weighted by molar-refractivity contribution is -0.709. The van der Waals surface area contributed by atoms with Crippen LogP contribution in [0.1, 0.15) is 51.4 Å². The van der Waals surface area contributed by atoms with Gasteiger partial charge < -0.3 is 4.57 Å². The van der Waals surface area contributed by atoms with Crippen LogP contribution < -0.4 is 4.57 Å². The molecule has 1 aliphatic rings. The van der Waals surface area contributed by atoms with E-state index in [2.05, 4.69) is 76.0 Å². The zero-order valence-corrected chi connectivity index (χ0v) is 16.8. The normalized spacial score (nSPS) is 17.6. The summed E-state index contributed by atoms with van der Waals surface area (Å²) in [6.45, 7) is 4.18. The molecule has 3 heterocycles. The Hall–Kier alpha value is -2.79. The topological polar surface area (TPSA) is 38.8 Å². The molecule has 5 rings (SSSR count). The van der Waals surface area contributed by atoms with Gasteiger partial charge in [0.1, 0.15) is 0 Å². The maximum absolute atomic E-state index is 13.1. The molecule has 5 heteroatoms. The molecule has 0 saturated heterocycles. The summed E-state index contributed by atoms with van der Waals surface area (Å²) in [6, 6.07) is 14.9. The zero-order chi connectivity index (χ0) is 19.3. The molecular formula is C23H22N3OS+. The van der Waals surface area contributed by atoms with Crippen LogP contribution in [0, 0.1) is 6.92 Å². The molecule has 1 aliphatic carbocycles. The Kier molecular flexibility index (Phi) is 4.13. The fourth-order valence-corrected chi connectivity index (χ4v) is 5.15. The lowest BCUT2D eigenvalue weighted by atomic mass is 9.96. The Morgan fingerprint density at radius 2 is 2.04 bits per heavy atom. The van der Waals surface area contributed by atoms with Crippen molar-refractivity contribution in [3.8, 4) is 0 Å². The Balaban J connectivity index is 1.50. The van der Waals surface area contributed by atoms with E-state index in [9.17, 15) is 4.79 Å². The van der Waals surface area contributed by atoms with Crippen LogP contribution in [-0.4, -0.2) is 15.3 Å². The first-order chi connectivity index (χ1) is 13.6. The van der Waals surface area contributed by atoms with Crippen molar-refractivity contribution < 1.29 is 9.36 Å². The van der Waals surface area contributed by atoms with Crippen molar-refractivity contribution in [1.82, 2.24) is 9.55 Å². The zero-order valence-electron chi connectivity index (χ0n) is 16.0. The fourth-order valence-electron chi connectivity index (χ4n) is 4.20. The largest absolute Gasteiger partial charge is 0.336 e. The number of hydrogen-bond donors (Lipinski definition) is 0. The van der Waals surface area contributed by atoms with Crippen molar-refractivity contribution >= 4 is 28.0 Å². The molecule has 2 atom stereocenters.